The number of hydrogen-bond acceptors (Lipinski definition) is 3. The predicted molar refractivity (Wildman–Crippen MR) is 512 cm³/mol. The second kappa shape index (κ2) is 107. The molecule has 0 N–H and O–H groups in total. The van der Waals surface area contributed by atoms with Gasteiger partial charge in [0.15, 0.2) is 0 Å². The first-order chi connectivity index (χ1) is 55.7. The van der Waals surface area contributed by atoms with Crippen molar-refractivity contribution < 1.29 is 31.0 Å². The Kier molecular flexibility index (Phi) is 110. The van der Waals surface area contributed by atoms with E-state index in [-0.39, 0.29) is 12.4 Å². The van der Waals surface area contributed by atoms with E-state index in [2.05, 4.69) is 51.7 Å². The van der Waals surface area contributed by atoms with Crippen molar-refractivity contribution in [3.05, 3.63) is 0 Å². The number of hydrogen-bond donors (Lipinski definition) is 0. The molecule has 0 atom stereocenters. The smallest absolute Gasteiger partial charge is 1.00 e. The molecule has 0 aliphatic heterocycles. The molecule has 0 unspecified atom stereocenters. The minimum absolute atomic E-state index is 0. The summed E-state index contributed by atoms with van der Waals surface area (Å²) in [5.74, 6) is 0. The van der Waals surface area contributed by atoms with Gasteiger partial charge in [0.25, 0.3) is 0 Å². The van der Waals surface area contributed by atoms with Gasteiger partial charge in [0, 0.05) is 0 Å². The average molecular weight is 1650 g/mol. The van der Waals surface area contributed by atoms with Crippen LogP contribution in [0.1, 0.15) is 658 Å². The monoisotopic (exact) mass is 1640 g/mol. The molecular formula is C108H222ClN3Ti-. The molecule has 0 spiro atoms. The van der Waals surface area contributed by atoms with E-state index in [1.54, 1.807) is 0 Å². The molecule has 5 heteroatoms. The van der Waals surface area contributed by atoms with Crippen LogP contribution >= 0.6 is 0 Å². The van der Waals surface area contributed by atoms with Gasteiger partial charge in [-0.15, -0.1) is 0 Å². The first kappa shape index (κ1) is 116. The molecule has 0 fully saturated rings. The third-order valence-corrected chi connectivity index (χ3v) is 31.3. The van der Waals surface area contributed by atoms with Gasteiger partial charge < -0.3 is 12.4 Å². The molecule has 0 aliphatic carbocycles. The van der Waals surface area contributed by atoms with E-state index in [0.29, 0.717) is 0 Å². The molecule has 0 saturated heterocycles. The van der Waals surface area contributed by atoms with Crippen LogP contribution in [0.5, 0.6) is 0 Å². The summed E-state index contributed by atoms with van der Waals surface area (Å²) < 4.78 is 10.2. The van der Waals surface area contributed by atoms with E-state index in [0.717, 1.165) is 0 Å². The van der Waals surface area contributed by atoms with Gasteiger partial charge in [0.05, 0.1) is 0 Å². The Labute approximate surface area is 733 Å². The summed E-state index contributed by atoms with van der Waals surface area (Å²) in [6, 6.07) is 0. The van der Waals surface area contributed by atoms with Crippen molar-refractivity contribution >= 4 is 0 Å². The third-order valence-electron chi connectivity index (χ3n) is 26.5. The van der Waals surface area contributed by atoms with Crippen LogP contribution in [0.4, 0.5) is 0 Å². The Bertz CT molecular complexity index is 1310. The normalized spacial score (nSPS) is 11.9. The second-order valence-corrected chi connectivity index (χ2v) is 42.0. The van der Waals surface area contributed by atoms with E-state index in [1.165, 1.54) is 656 Å². The van der Waals surface area contributed by atoms with Crippen molar-refractivity contribution in [2.75, 3.05) is 39.3 Å². The molecular weight excluding hydrogens is 1420 g/mol. The van der Waals surface area contributed by atoms with Crippen LogP contribution < -0.4 is 12.4 Å². The predicted octanol–water partition coefficient (Wildman–Crippen LogP) is 36.8. The topological polar surface area (TPSA) is 9.72 Å². The maximum atomic E-state index is 3.39. The Balaban J connectivity index is 0. The van der Waals surface area contributed by atoms with E-state index < -0.39 is 18.6 Å². The van der Waals surface area contributed by atoms with Crippen LogP contribution in [0.2, 0.25) is 0 Å². The molecule has 113 heavy (non-hydrogen) atoms. The van der Waals surface area contributed by atoms with Crippen molar-refractivity contribution in [1.29, 1.82) is 0 Å². The molecule has 0 aromatic heterocycles. The summed E-state index contributed by atoms with van der Waals surface area (Å²) in [7, 11) is 0. The Morgan fingerprint density at radius 1 is 0.0973 bits per heavy atom. The first-order valence-corrected chi connectivity index (χ1v) is 56.9. The van der Waals surface area contributed by atoms with Crippen molar-refractivity contribution in [2.45, 2.75) is 658 Å². The van der Waals surface area contributed by atoms with Gasteiger partial charge in [0.1, 0.15) is 0 Å². The molecule has 681 valence electrons. The fourth-order valence-corrected chi connectivity index (χ4v) is 23.9. The van der Waals surface area contributed by atoms with E-state index in [1.807, 2.05) is 0 Å². The van der Waals surface area contributed by atoms with Gasteiger partial charge in [-0.25, -0.2) is 0 Å². The van der Waals surface area contributed by atoms with Crippen LogP contribution in [0.15, 0.2) is 0 Å². The molecule has 0 saturated carbocycles. The zero-order chi connectivity index (χ0) is 80.4. The van der Waals surface area contributed by atoms with Gasteiger partial charge in [-0.2, -0.15) is 0 Å². The molecule has 0 amide bonds. The van der Waals surface area contributed by atoms with Gasteiger partial charge in [-0.1, -0.05) is 273 Å². The Hall–Kier alpha value is 0.884. The zero-order valence-electron chi connectivity index (χ0n) is 80.3. The number of halogens is 1. The van der Waals surface area contributed by atoms with Crippen molar-refractivity contribution in [1.82, 2.24) is 10.1 Å². The van der Waals surface area contributed by atoms with Gasteiger partial charge in [-0.05, 0) is 0 Å². The van der Waals surface area contributed by atoms with Gasteiger partial charge >= 0.3 is 453 Å². The van der Waals surface area contributed by atoms with Gasteiger partial charge in [0.2, 0.25) is 0 Å². The fraction of sp³-hybridized carbons (Fsp3) is 1.00. The minimum Gasteiger partial charge on any atom is -1.00 e. The van der Waals surface area contributed by atoms with Crippen LogP contribution in [0.3, 0.4) is 0 Å². The maximum absolute atomic E-state index is 3.39. The summed E-state index contributed by atoms with van der Waals surface area (Å²) in [6.07, 6.45) is 141. The molecule has 0 rings (SSSR count). The average Bonchev–Trinajstić information content (AvgIpc) is 0.836. The van der Waals surface area contributed by atoms with Crippen LogP contribution in [0, 0.1) is 0 Å². The van der Waals surface area contributed by atoms with Crippen LogP contribution in [0.25, 0.3) is 0 Å². The number of unbranched alkanes of at least 4 members (excludes halogenated alkanes) is 90. The van der Waals surface area contributed by atoms with Crippen molar-refractivity contribution in [3.8, 4) is 0 Å². The standard InChI is InChI=1S/3C36H74N.ClH.Ti/c3*1-3-5-7-9-11-13-15-17-19-21-23-25-27-29-31-33-35-37-36-34-32-30-28-26-24-22-20-18-16-14-12-10-8-6-4-2;;/h3*3-36H2,1-2H3;1H;/q3*-1;;+3/p-1. The Morgan fingerprint density at radius 3 is 0.230 bits per heavy atom. The van der Waals surface area contributed by atoms with E-state index in [4.69, 9.17) is 0 Å². The van der Waals surface area contributed by atoms with Crippen LogP contribution in [-0.4, -0.2) is 49.4 Å². The van der Waals surface area contributed by atoms with E-state index >= 15 is 0 Å². The first-order valence-electron chi connectivity index (χ1n) is 54.8. The van der Waals surface area contributed by atoms with E-state index in [9.17, 15) is 0 Å². The summed E-state index contributed by atoms with van der Waals surface area (Å²) in [6.45, 7) is 22.5. The molecule has 0 aliphatic rings. The minimum atomic E-state index is -2.07. The molecule has 3 nitrogen and oxygen atoms in total. The van der Waals surface area contributed by atoms with Crippen molar-refractivity contribution in [2.24, 2.45) is 0 Å². The molecule has 0 aromatic carbocycles. The third kappa shape index (κ3) is 95.0. The quantitative estimate of drug-likeness (QED) is 0.0444. The summed E-state index contributed by atoms with van der Waals surface area (Å²) in [5.41, 5.74) is 0. The summed E-state index contributed by atoms with van der Waals surface area (Å²) in [5, 5.41) is 0. The molecule has 0 heterocycles. The second-order valence-electron chi connectivity index (χ2n) is 38.1. The Morgan fingerprint density at radius 2 is 0.159 bits per heavy atom. The van der Waals surface area contributed by atoms with Gasteiger partial charge in [-0.3, -0.25) is 0 Å². The summed E-state index contributed by atoms with van der Waals surface area (Å²) in [4.78, 5) is 0. The molecule has 0 radical (unpaired) electrons. The van der Waals surface area contributed by atoms with Crippen molar-refractivity contribution in [3.63, 3.8) is 0 Å². The molecule has 0 aromatic rings. The number of rotatable bonds is 105. The number of nitrogens with zero attached hydrogens (tertiary/aromatic N) is 3. The fourth-order valence-electron chi connectivity index (χ4n) is 18.6. The summed E-state index contributed by atoms with van der Waals surface area (Å²) >= 11 is -2.07. The SMILES string of the molecule is CCCCCCCCCCCCCCCCCC[N](CCCCCCCCCCCCCCCCCC)[Ti]([N](CCCCCCCCCCCCCCCCCC)CCCCCCCCCCCCCCCCCC)[N](CCCCCCCCCCCCCCCCCC)CCCCCCCCCCCCCCCCCC.[Cl-]. The van der Waals surface area contributed by atoms with Crippen LogP contribution in [-0.2, 0) is 18.6 Å². The zero-order valence-corrected chi connectivity index (χ0v) is 82.7. The molecule has 0 bridgehead atoms.